The van der Waals surface area contributed by atoms with Crippen LogP contribution in [0.25, 0.3) is 10.9 Å². The van der Waals surface area contributed by atoms with E-state index in [1.807, 2.05) is 12.1 Å². The molecule has 3 heterocycles. The molecule has 2 aromatic heterocycles. The van der Waals surface area contributed by atoms with E-state index < -0.39 is 5.91 Å². The Kier molecular flexibility index (Phi) is 7.05. The molecule has 5 aromatic rings. The van der Waals surface area contributed by atoms with Gasteiger partial charge in [-0.1, -0.05) is 24.3 Å². The monoisotopic (exact) mass is 548 g/mol. The molecule has 3 N–H and O–H groups in total. The molecule has 10 heteroatoms. The molecule has 1 aliphatic rings. The van der Waals surface area contributed by atoms with Gasteiger partial charge in [-0.2, -0.15) is 0 Å². The average Bonchev–Trinajstić information content (AvgIpc) is 3.64. The second-order valence-electron chi connectivity index (χ2n) is 9.94. The molecule has 1 amide bonds. The third-order valence-corrected chi connectivity index (χ3v) is 7.18. The number of nitrogens with one attached hydrogen (secondary N) is 2. The molecule has 0 atom stereocenters. The highest BCUT2D eigenvalue weighted by Crippen LogP contribution is 2.29. The van der Waals surface area contributed by atoms with Gasteiger partial charge in [0.1, 0.15) is 0 Å². The molecule has 0 radical (unpaired) electrons. The number of piperazine rings is 1. The Morgan fingerprint density at radius 3 is 2.56 bits per heavy atom. The van der Waals surface area contributed by atoms with Crippen LogP contribution in [0.1, 0.15) is 32.0 Å². The van der Waals surface area contributed by atoms with E-state index in [9.17, 15) is 14.7 Å². The summed E-state index contributed by atoms with van der Waals surface area (Å²) in [5, 5.41) is 14.0. The number of benzene rings is 3. The van der Waals surface area contributed by atoms with E-state index in [2.05, 4.69) is 49.3 Å². The van der Waals surface area contributed by atoms with Crippen molar-refractivity contribution in [3.63, 3.8) is 0 Å². The lowest BCUT2D eigenvalue weighted by Crippen LogP contribution is -2.44. The summed E-state index contributed by atoms with van der Waals surface area (Å²) in [5.41, 5.74) is 4.38. The van der Waals surface area contributed by atoms with Gasteiger partial charge >= 0.3 is 0 Å². The van der Waals surface area contributed by atoms with Crippen LogP contribution in [0.3, 0.4) is 0 Å². The predicted molar refractivity (Wildman–Crippen MR) is 158 cm³/mol. The van der Waals surface area contributed by atoms with Gasteiger partial charge in [0.05, 0.1) is 17.4 Å². The maximum Gasteiger partial charge on any atom is 0.293 e. The number of oxazole rings is 1. The third-order valence-electron chi connectivity index (χ3n) is 7.18. The normalized spacial score (nSPS) is 14.1. The number of fused-ring (bicyclic) bond motifs is 1. The molecular weight excluding hydrogens is 520 g/mol. The van der Waals surface area contributed by atoms with Crippen molar-refractivity contribution < 1.29 is 19.1 Å². The Balaban J connectivity index is 1.17. The van der Waals surface area contributed by atoms with E-state index in [0.717, 1.165) is 37.3 Å². The van der Waals surface area contributed by atoms with Crippen molar-refractivity contribution in [3.05, 3.63) is 102 Å². The van der Waals surface area contributed by atoms with Crippen molar-refractivity contribution in [1.82, 2.24) is 14.9 Å². The van der Waals surface area contributed by atoms with Crippen molar-refractivity contribution in [2.75, 3.05) is 43.4 Å². The zero-order valence-corrected chi connectivity index (χ0v) is 22.4. The lowest BCUT2D eigenvalue weighted by Gasteiger charge is -2.34. The van der Waals surface area contributed by atoms with Crippen molar-refractivity contribution in [3.8, 4) is 5.88 Å². The number of ketones is 1. The average molecular weight is 549 g/mol. The quantitative estimate of drug-likeness (QED) is 0.196. The highest BCUT2D eigenvalue weighted by atomic mass is 16.3. The Morgan fingerprint density at radius 1 is 1.02 bits per heavy atom. The van der Waals surface area contributed by atoms with Crippen molar-refractivity contribution in [2.24, 2.45) is 4.99 Å². The number of aromatic hydroxyl groups is 1. The second-order valence-corrected chi connectivity index (χ2v) is 9.94. The lowest BCUT2D eigenvalue weighted by atomic mass is 10.0. The predicted octanol–water partition coefficient (Wildman–Crippen LogP) is 4.85. The molecule has 41 heavy (non-hydrogen) atoms. The summed E-state index contributed by atoms with van der Waals surface area (Å²) in [4.78, 5) is 41.5. The molecule has 1 fully saturated rings. The summed E-state index contributed by atoms with van der Waals surface area (Å²) >= 11 is 0. The highest BCUT2D eigenvalue weighted by molar-refractivity contribution is 6.12. The number of hydrogen-bond acceptors (Lipinski definition) is 8. The molecule has 3 aromatic carbocycles. The van der Waals surface area contributed by atoms with Gasteiger partial charge in [0.15, 0.2) is 18.1 Å². The Hall–Kier alpha value is -5.22. The Morgan fingerprint density at radius 2 is 1.80 bits per heavy atom. The topological polar surface area (TPSA) is 127 Å². The summed E-state index contributed by atoms with van der Waals surface area (Å²) in [6.45, 7) is 4.08. The number of hydrogen-bond donors (Lipinski definition) is 3. The molecule has 1 aliphatic heterocycles. The molecule has 0 bridgehead atoms. The molecule has 10 nitrogen and oxygen atoms in total. The van der Waals surface area contributed by atoms with E-state index in [1.54, 1.807) is 48.7 Å². The molecule has 0 unspecified atom stereocenters. The summed E-state index contributed by atoms with van der Waals surface area (Å²) in [6, 6.07) is 19.9. The van der Waals surface area contributed by atoms with Crippen LogP contribution in [0, 0.1) is 0 Å². The van der Waals surface area contributed by atoms with Gasteiger partial charge in [-0.3, -0.25) is 14.6 Å². The minimum Gasteiger partial charge on any atom is -0.494 e. The number of carbonyl (C=O) groups excluding carboxylic acids is 2. The number of anilines is 2. The first-order valence-corrected chi connectivity index (χ1v) is 13.2. The van der Waals surface area contributed by atoms with Gasteiger partial charge in [-0.15, -0.1) is 0 Å². The number of aromatic amines is 1. The maximum absolute atomic E-state index is 13.3. The Labute approximate surface area is 236 Å². The summed E-state index contributed by atoms with van der Waals surface area (Å²) in [5.74, 6) is -0.650. The van der Waals surface area contributed by atoms with E-state index >= 15 is 0 Å². The van der Waals surface area contributed by atoms with Crippen LogP contribution in [-0.2, 0) is 0 Å². The first-order chi connectivity index (χ1) is 19.9. The van der Waals surface area contributed by atoms with Crippen LogP contribution in [0.15, 0.2) is 88.7 Å². The first kappa shape index (κ1) is 26.0. The molecule has 6 rings (SSSR count). The minimum atomic E-state index is -0.462. The number of carbonyl (C=O) groups is 2. The number of aromatic nitrogens is 2. The number of nitrogens with zero attached hydrogens (tertiary/aromatic N) is 4. The standard InChI is InChI=1S/C31H28N6O4/c1-36-11-13-37(14-12-36)24-8-6-22(7-9-24)33-17-26-25-10-5-21(16-27(25)35-30(26)39)29(38)20-3-2-4-23(15-20)34-31(40)28-18-32-19-41-28/h2-10,15-19,35,39H,11-14H2,1H3,(H,34,40). The van der Waals surface area contributed by atoms with Crippen LogP contribution in [0.4, 0.5) is 17.1 Å². The SMILES string of the molecule is CN1CCN(c2ccc(N=Cc3c(O)[nH]c4cc(C(=O)c5cccc(NC(=O)c6cnco6)c5)ccc34)cc2)CC1. The van der Waals surface area contributed by atoms with Gasteiger partial charge in [0.2, 0.25) is 5.76 Å². The van der Waals surface area contributed by atoms with Crippen molar-refractivity contribution >= 4 is 45.9 Å². The van der Waals surface area contributed by atoms with Crippen LogP contribution >= 0.6 is 0 Å². The van der Waals surface area contributed by atoms with Gasteiger partial charge in [-0.25, -0.2) is 4.98 Å². The van der Waals surface area contributed by atoms with Gasteiger partial charge in [0.25, 0.3) is 5.91 Å². The molecule has 0 saturated carbocycles. The zero-order chi connectivity index (χ0) is 28.3. The number of rotatable bonds is 7. The summed E-state index contributed by atoms with van der Waals surface area (Å²) in [7, 11) is 2.14. The third kappa shape index (κ3) is 5.59. The van der Waals surface area contributed by atoms with Crippen LogP contribution in [0.2, 0.25) is 0 Å². The van der Waals surface area contributed by atoms with E-state index in [4.69, 9.17) is 4.42 Å². The smallest absolute Gasteiger partial charge is 0.293 e. The van der Waals surface area contributed by atoms with E-state index in [1.165, 1.54) is 18.3 Å². The highest BCUT2D eigenvalue weighted by Gasteiger charge is 2.16. The summed E-state index contributed by atoms with van der Waals surface area (Å²) < 4.78 is 5.01. The van der Waals surface area contributed by atoms with Gasteiger partial charge in [-0.05, 0) is 49.5 Å². The molecule has 1 saturated heterocycles. The summed E-state index contributed by atoms with van der Waals surface area (Å²) in [6.07, 6.45) is 4.11. The maximum atomic E-state index is 13.3. The van der Waals surface area contributed by atoms with Crippen LogP contribution in [0.5, 0.6) is 5.88 Å². The largest absolute Gasteiger partial charge is 0.494 e. The Bertz CT molecular complexity index is 1730. The number of aliphatic imine (C=N–C) groups is 1. The molecular formula is C31H28N6O4. The zero-order valence-electron chi connectivity index (χ0n) is 22.4. The molecule has 0 spiro atoms. The van der Waals surface area contributed by atoms with E-state index in [-0.39, 0.29) is 17.4 Å². The van der Waals surface area contributed by atoms with E-state index in [0.29, 0.717) is 27.9 Å². The second kappa shape index (κ2) is 11.1. The fourth-order valence-corrected chi connectivity index (χ4v) is 4.86. The molecule has 206 valence electrons. The molecule has 0 aliphatic carbocycles. The number of likely N-dealkylation sites (N-methyl/N-ethyl adjacent to an activating group) is 1. The van der Waals surface area contributed by atoms with Crippen molar-refractivity contribution in [2.45, 2.75) is 0 Å². The van der Waals surface area contributed by atoms with Crippen LogP contribution in [-0.4, -0.2) is 71.1 Å². The van der Waals surface area contributed by atoms with Crippen LogP contribution < -0.4 is 10.2 Å². The van der Waals surface area contributed by atoms with Crippen molar-refractivity contribution in [1.29, 1.82) is 0 Å². The van der Waals surface area contributed by atoms with Gasteiger partial charge in [0, 0.05) is 65.8 Å². The fourth-order valence-electron chi connectivity index (χ4n) is 4.86. The minimum absolute atomic E-state index is 0.0282. The number of H-pyrrole nitrogens is 1. The van der Waals surface area contributed by atoms with Gasteiger partial charge < -0.3 is 29.6 Å². The lowest BCUT2D eigenvalue weighted by molar-refractivity contribution is 0.0994. The fraction of sp³-hybridized carbons (Fsp3) is 0.161. The number of amides is 1. The first-order valence-electron chi connectivity index (χ1n) is 13.2.